The highest BCUT2D eigenvalue weighted by molar-refractivity contribution is 7.07. The van der Waals surface area contributed by atoms with Gasteiger partial charge in [-0.1, -0.05) is 73.2 Å². The molecule has 0 spiro atoms. The van der Waals surface area contributed by atoms with Gasteiger partial charge in [-0.3, -0.25) is 9.36 Å². The Hall–Kier alpha value is -2.96. The summed E-state index contributed by atoms with van der Waals surface area (Å²) in [6, 6.07) is 14.8. The number of halogens is 1. The lowest BCUT2D eigenvalue weighted by Gasteiger charge is -2.25. The van der Waals surface area contributed by atoms with E-state index in [1.807, 2.05) is 36.4 Å². The standard InChI is InChI=1S/C26H25ClN2O3S/c1-5-32-25(31)22-16(4)28-26-29(23(22)19-11-9-18(10-12-19)15(2)3)24(30)21(33-26)14-17-7-6-8-20(27)13-17/h6-15,23H,5H2,1-4H3. The molecule has 4 rings (SSSR count). The molecular formula is C26H25ClN2O3S. The molecule has 0 N–H and O–H groups in total. The van der Waals surface area contributed by atoms with E-state index < -0.39 is 12.0 Å². The van der Waals surface area contributed by atoms with Crippen molar-refractivity contribution >= 4 is 35.0 Å². The zero-order valence-corrected chi connectivity index (χ0v) is 20.5. The third kappa shape index (κ3) is 4.59. The summed E-state index contributed by atoms with van der Waals surface area (Å²) in [5, 5.41) is 0.597. The Morgan fingerprint density at radius 1 is 1.24 bits per heavy atom. The minimum absolute atomic E-state index is 0.203. The van der Waals surface area contributed by atoms with E-state index in [2.05, 4.69) is 18.8 Å². The van der Waals surface area contributed by atoms with Gasteiger partial charge in [-0.2, -0.15) is 0 Å². The summed E-state index contributed by atoms with van der Waals surface area (Å²) in [4.78, 5) is 31.7. The van der Waals surface area contributed by atoms with Crippen molar-refractivity contribution in [3.05, 3.63) is 101 Å². The highest BCUT2D eigenvalue weighted by atomic mass is 35.5. The van der Waals surface area contributed by atoms with Crippen LogP contribution in [0, 0.1) is 0 Å². The first-order chi connectivity index (χ1) is 15.8. The van der Waals surface area contributed by atoms with Crippen LogP contribution in [0.4, 0.5) is 0 Å². The molecule has 2 heterocycles. The van der Waals surface area contributed by atoms with Crippen LogP contribution in [0.2, 0.25) is 5.02 Å². The lowest BCUT2D eigenvalue weighted by molar-refractivity contribution is -0.139. The van der Waals surface area contributed by atoms with E-state index in [-0.39, 0.29) is 12.2 Å². The SMILES string of the molecule is CCOC(=O)C1=C(C)N=c2sc(=Cc3cccc(Cl)c3)c(=O)n2C1c1ccc(C(C)C)cc1. The van der Waals surface area contributed by atoms with Crippen molar-refractivity contribution in [1.82, 2.24) is 4.57 Å². The van der Waals surface area contributed by atoms with Gasteiger partial charge in [0, 0.05) is 5.02 Å². The van der Waals surface area contributed by atoms with Crippen LogP contribution in [0.3, 0.4) is 0 Å². The maximum Gasteiger partial charge on any atom is 0.338 e. The fraction of sp³-hybridized carbons (Fsp3) is 0.269. The average molecular weight is 481 g/mol. The number of hydrogen-bond acceptors (Lipinski definition) is 5. The lowest BCUT2D eigenvalue weighted by Crippen LogP contribution is -2.39. The van der Waals surface area contributed by atoms with Crippen LogP contribution in [0.1, 0.15) is 56.3 Å². The summed E-state index contributed by atoms with van der Waals surface area (Å²) < 4.78 is 7.47. The van der Waals surface area contributed by atoms with Crippen LogP contribution in [0.25, 0.3) is 6.08 Å². The smallest absolute Gasteiger partial charge is 0.338 e. The molecule has 0 fully saturated rings. The number of carbonyl (C=O) groups excluding carboxylic acids is 1. The van der Waals surface area contributed by atoms with Gasteiger partial charge < -0.3 is 4.74 Å². The van der Waals surface area contributed by atoms with Crippen LogP contribution in [-0.4, -0.2) is 17.1 Å². The van der Waals surface area contributed by atoms with Crippen molar-refractivity contribution < 1.29 is 9.53 Å². The average Bonchev–Trinajstić information content (AvgIpc) is 3.07. The molecule has 1 atom stereocenters. The van der Waals surface area contributed by atoms with Gasteiger partial charge in [0.15, 0.2) is 4.80 Å². The second-order valence-electron chi connectivity index (χ2n) is 8.18. The van der Waals surface area contributed by atoms with Gasteiger partial charge in [0.05, 0.1) is 28.5 Å². The van der Waals surface area contributed by atoms with Crippen LogP contribution in [0.5, 0.6) is 0 Å². The van der Waals surface area contributed by atoms with E-state index in [9.17, 15) is 9.59 Å². The van der Waals surface area contributed by atoms with E-state index in [4.69, 9.17) is 16.3 Å². The fourth-order valence-electron chi connectivity index (χ4n) is 3.92. The summed E-state index contributed by atoms with van der Waals surface area (Å²) in [6.07, 6.45) is 1.80. The summed E-state index contributed by atoms with van der Waals surface area (Å²) in [5.41, 5.74) is 3.59. The highest BCUT2D eigenvalue weighted by Crippen LogP contribution is 2.31. The fourth-order valence-corrected chi connectivity index (χ4v) is 5.16. The number of thiazole rings is 1. The Morgan fingerprint density at radius 2 is 1.97 bits per heavy atom. The van der Waals surface area contributed by atoms with Crippen LogP contribution < -0.4 is 14.9 Å². The quantitative estimate of drug-likeness (QED) is 0.502. The molecule has 1 aliphatic rings. The van der Waals surface area contributed by atoms with E-state index in [1.54, 1.807) is 36.6 Å². The van der Waals surface area contributed by atoms with Gasteiger partial charge in [0.1, 0.15) is 0 Å². The number of rotatable bonds is 5. The van der Waals surface area contributed by atoms with E-state index in [0.717, 1.165) is 11.1 Å². The summed E-state index contributed by atoms with van der Waals surface area (Å²) in [7, 11) is 0. The Labute approximate surface area is 201 Å². The van der Waals surface area contributed by atoms with E-state index >= 15 is 0 Å². The number of aromatic nitrogens is 1. The van der Waals surface area contributed by atoms with Gasteiger partial charge in [-0.15, -0.1) is 0 Å². The van der Waals surface area contributed by atoms with Crippen molar-refractivity contribution in [3.8, 4) is 0 Å². The minimum Gasteiger partial charge on any atom is -0.463 e. The Kier molecular flexibility index (Phi) is 6.68. The maximum absolute atomic E-state index is 13.6. The molecule has 3 aromatic rings. The molecule has 5 nitrogen and oxygen atoms in total. The summed E-state index contributed by atoms with van der Waals surface area (Å²) in [6.45, 7) is 8.05. The van der Waals surface area contributed by atoms with Gasteiger partial charge in [-0.25, -0.2) is 9.79 Å². The topological polar surface area (TPSA) is 60.7 Å². The molecule has 1 aliphatic heterocycles. The first kappa shape index (κ1) is 23.2. The molecule has 0 amide bonds. The van der Waals surface area contributed by atoms with Crippen molar-refractivity contribution in [2.75, 3.05) is 6.61 Å². The molecule has 7 heteroatoms. The summed E-state index contributed by atoms with van der Waals surface area (Å²) in [5.74, 6) is -0.0821. The lowest BCUT2D eigenvalue weighted by atomic mass is 9.93. The molecule has 170 valence electrons. The summed E-state index contributed by atoms with van der Waals surface area (Å²) >= 11 is 7.42. The van der Waals surface area contributed by atoms with Crippen molar-refractivity contribution in [2.45, 2.75) is 39.7 Å². The van der Waals surface area contributed by atoms with Crippen molar-refractivity contribution in [3.63, 3.8) is 0 Å². The molecule has 0 bridgehead atoms. The number of benzene rings is 2. The predicted molar refractivity (Wildman–Crippen MR) is 132 cm³/mol. The second-order valence-corrected chi connectivity index (χ2v) is 9.62. The number of nitrogens with zero attached hydrogens (tertiary/aromatic N) is 2. The number of allylic oxidation sites excluding steroid dienone is 1. The Balaban J connectivity index is 1.94. The molecule has 0 aliphatic carbocycles. The van der Waals surface area contributed by atoms with Crippen molar-refractivity contribution in [2.24, 2.45) is 4.99 Å². The number of carbonyl (C=O) groups is 1. The second kappa shape index (κ2) is 9.49. The normalized spacial score (nSPS) is 16.1. The largest absolute Gasteiger partial charge is 0.463 e. The predicted octanol–water partition coefficient (Wildman–Crippen LogP) is 4.58. The molecule has 0 saturated carbocycles. The maximum atomic E-state index is 13.6. The van der Waals surface area contributed by atoms with E-state index in [1.165, 1.54) is 16.9 Å². The van der Waals surface area contributed by atoms with Crippen LogP contribution in [0.15, 0.2) is 69.6 Å². The minimum atomic E-state index is -0.608. The number of hydrogen-bond donors (Lipinski definition) is 0. The third-order valence-corrected chi connectivity index (χ3v) is 6.80. The Morgan fingerprint density at radius 3 is 2.61 bits per heavy atom. The Bertz CT molecular complexity index is 1410. The molecule has 0 saturated heterocycles. The van der Waals surface area contributed by atoms with Crippen molar-refractivity contribution in [1.29, 1.82) is 0 Å². The first-order valence-electron chi connectivity index (χ1n) is 10.8. The van der Waals surface area contributed by atoms with Crippen LogP contribution in [-0.2, 0) is 9.53 Å². The molecule has 1 aromatic heterocycles. The molecular weight excluding hydrogens is 456 g/mol. The molecule has 2 aromatic carbocycles. The van der Waals surface area contributed by atoms with E-state index in [0.29, 0.717) is 31.5 Å². The van der Waals surface area contributed by atoms with Crippen LogP contribution >= 0.6 is 22.9 Å². The van der Waals surface area contributed by atoms with Gasteiger partial charge in [0.2, 0.25) is 0 Å². The monoisotopic (exact) mass is 480 g/mol. The zero-order chi connectivity index (χ0) is 23.7. The van der Waals surface area contributed by atoms with Gasteiger partial charge >= 0.3 is 5.97 Å². The van der Waals surface area contributed by atoms with Gasteiger partial charge in [0.25, 0.3) is 5.56 Å². The third-order valence-electron chi connectivity index (χ3n) is 5.58. The number of esters is 1. The zero-order valence-electron chi connectivity index (χ0n) is 19.0. The first-order valence-corrected chi connectivity index (χ1v) is 12.0. The molecule has 0 radical (unpaired) electrons. The number of fused-ring (bicyclic) bond motifs is 1. The van der Waals surface area contributed by atoms with Gasteiger partial charge in [-0.05, 0) is 54.7 Å². The number of ether oxygens (including phenoxy) is 1. The molecule has 1 unspecified atom stereocenters. The highest BCUT2D eigenvalue weighted by Gasteiger charge is 2.33. The molecule has 33 heavy (non-hydrogen) atoms.